The fraction of sp³-hybridized carbons (Fsp3) is 0.350. The van der Waals surface area contributed by atoms with Gasteiger partial charge < -0.3 is 11.1 Å². The number of amides is 1. The molecule has 28 heavy (non-hydrogen) atoms. The first kappa shape index (κ1) is 21.8. The summed E-state index contributed by atoms with van der Waals surface area (Å²) in [6.45, 7) is 4.15. The van der Waals surface area contributed by atoms with Gasteiger partial charge in [0.05, 0.1) is 17.2 Å². The Labute approximate surface area is 170 Å². The minimum Gasteiger partial charge on any atom is -0.330 e. The molecule has 2 atom stereocenters. The lowest BCUT2D eigenvalue weighted by atomic mass is 9.89. The number of benzene rings is 2. The number of hydrogen-bond donors (Lipinski definition) is 2. The normalized spacial score (nSPS) is 19.1. The average molecular weight is 405 g/mol. The lowest BCUT2D eigenvalue weighted by Gasteiger charge is -2.17. The molecule has 0 spiro atoms. The van der Waals surface area contributed by atoms with E-state index in [0.717, 1.165) is 18.7 Å². The van der Waals surface area contributed by atoms with Gasteiger partial charge in [0, 0.05) is 31.1 Å². The molecular formula is C20H25ClN4O3. The molecule has 1 saturated heterocycles. The largest absolute Gasteiger partial charge is 0.330 e. The van der Waals surface area contributed by atoms with Crippen molar-refractivity contribution in [1.82, 2.24) is 4.90 Å². The zero-order valence-electron chi connectivity index (χ0n) is 15.7. The van der Waals surface area contributed by atoms with E-state index in [1.807, 2.05) is 25.1 Å². The van der Waals surface area contributed by atoms with Gasteiger partial charge in [0.1, 0.15) is 0 Å². The molecule has 1 fully saturated rings. The number of nitro groups is 1. The number of carbonyl (C=O) groups is 1. The fourth-order valence-electron chi connectivity index (χ4n) is 3.66. The third kappa shape index (κ3) is 5.07. The molecule has 0 aliphatic carbocycles. The summed E-state index contributed by atoms with van der Waals surface area (Å²) in [5.74, 6) is 0.436. The SMILES string of the molecule is Cc1ccc([N+](=O)[O-])cc1NC(=O)CN1C[C@@H](CN)[C@H](c2ccccc2)C1.Cl. The molecule has 150 valence electrons. The van der Waals surface area contributed by atoms with Crippen molar-refractivity contribution in [3.8, 4) is 0 Å². The van der Waals surface area contributed by atoms with Crippen molar-refractivity contribution in [3.05, 3.63) is 69.8 Å². The van der Waals surface area contributed by atoms with Crippen LogP contribution >= 0.6 is 12.4 Å². The van der Waals surface area contributed by atoms with Gasteiger partial charge in [-0.3, -0.25) is 19.8 Å². The molecular weight excluding hydrogens is 380 g/mol. The van der Waals surface area contributed by atoms with Crippen LogP contribution in [0.15, 0.2) is 48.5 Å². The van der Waals surface area contributed by atoms with Crippen LogP contribution in [0.25, 0.3) is 0 Å². The monoisotopic (exact) mass is 404 g/mol. The van der Waals surface area contributed by atoms with E-state index in [0.29, 0.717) is 24.1 Å². The van der Waals surface area contributed by atoms with E-state index in [9.17, 15) is 14.9 Å². The maximum Gasteiger partial charge on any atom is 0.271 e. The summed E-state index contributed by atoms with van der Waals surface area (Å²) < 4.78 is 0. The van der Waals surface area contributed by atoms with Crippen molar-refractivity contribution < 1.29 is 9.72 Å². The zero-order valence-corrected chi connectivity index (χ0v) is 16.5. The highest BCUT2D eigenvalue weighted by atomic mass is 35.5. The summed E-state index contributed by atoms with van der Waals surface area (Å²) in [5.41, 5.74) is 8.42. The van der Waals surface area contributed by atoms with Gasteiger partial charge in [0.25, 0.3) is 5.69 Å². The topological polar surface area (TPSA) is 102 Å². The van der Waals surface area contributed by atoms with Crippen LogP contribution in [0.5, 0.6) is 0 Å². The van der Waals surface area contributed by atoms with Crippen LogP contribution in [0.3, 0.4) is 0 Å². The van der Waals surface area contributed by atoms with E-state index in [4.69, 9.17) is 5.73 Å². The van der Waals surface area contributed by atoms with Crippen molar-refractivity contribution in [2.45, 2.75) is 12.8 Å². The number of likely N-dealkylation sites (tertiary alicyclic amines) is 1. The number of aryl methyl sites for hydroxylation is 1. The Morgan fingerprint density at radius 1 is 1.25 bits per heavy atom. The van der Waals surface area contributed by atoms with Gasteiger partial charge in [0.2, 0.25) is 5.91 Å². The van der Waals surface area contributed by atoms with E-state index < -0.39 is 4.92 Å². The van der Waals surface area contributed by atoms with Crippen LogP contribution < -0.4 is 11.1 Å². The molecule has 2 aromatic carbocycles. The fourth-order valence-corrected chi connectivity index (χ4v) is 3.66. The van der Waals surface area contributed by atoms with E-state index in [2.05, 4.69) is 22.3 Å². The summed E-state index contributed by atoms with van der Waals surface area (Å²) in [7, 11) is 0. The Bertz CT molecular complexity index is 831. The molecule has 7 nitrogen and oxygen atoms in total. The van der Waals surface area contributed by atoms with Crippen LogP contribution in [0.4, 0.5) is 11.4 Å². The standard InChI is InChI=1S/C20H24N4O3.ClH/c1-14-7-8-17(24(26)27)9-19(14)22-20(25)13-23-11-16(10-21)18(12-23)15-5-3-2-4-6-15;/h2-9,16,18H,10-13,21H2,1H3,(H,22,25);1H/t16-,18+;/m1./s1. The number of nitrogens with one attached hydrogen (secondary N) is 1. The maximum atomic E-state index is 12.5. The van der Waals surface area contributed by atoms with Crippen LogP contribution in [0, 0.1) is 23.0 Å². The number of halogens is 1. The number of anilines is 1. The van der Waals surface area contributed by atoms with E-state index >= 15 is 0 Å². The molecule has 1 amide bonds. The Balaban J connectivity index is 0.00000280. The Hall–Kier alpha value is -2.48. The molecule has 0 radical (unpaired) electrons. The first-order valence-electron chi connectivity index (χ1n) is 9.00. The Morgan fingerprint density at radius 3 is 2.61 bits per heavy atom. The second-order valence-corrected chi connectivity index (χ2v) is 7.01. The number of rotatable bonds is 6. The summed E-state index contributed by atoms with van der Waals surface area (Å²) in [4.78, 5) is 25.1. The number of nitrogens with zero attached hydrogens (tertiary/aromatic N) is 2. The van der Waals surface area contributed by atoms with Gasteiger partial charge in [-0.1, -0.05) is 36.4 Å². The predicted octanol–water partition coefficient (Wildman–Crippen LogP) is 2.94. The summed E-state index contributed by atoms with van der Waals surface area (Å²) in [5, 5.41) is 13.7. The smallest absolute Gasteiger partial charge is 0.271 e. The molecule has 1 heterocycles. The predicted molar refractivity (Wildman–Crippen MR) is 112 cm³/mol. The van der Waals surface area contributed by atoms with E-state index in [1.165, 1.54) is 17.7 Å². The molecule has 8 heteroatoms. The van der Waals surface area contributed by atoms with Crippen molar-refractivity contribution in [2.75, 3.05) is 31.5 Å². The highest BCUT2D eigenvalue weighted by molar-refractivity contribution is 5.93. The van der Waals surface area contributed by atoms with E-state index in [1.54, 1.807) is 6.07 Å². The third-order valence-electron chi connectivity index (χ3n) is 5.12. The van der Waals surface area contributed by atoms with Gasteiger partial charge in [0.15, 0.2) is 0 Å². The van der Waals surface area contributed by atoms with Crippen molar-refractivity contribution in [1.29, 1.82) is 0 Å². The number of hydrogen-bond acceptors (Lipinski definition) is 5. The second-order valence-electron chi connectivity index (χ2n) is 7.01. The maximum absolute atomic E-state index is 12.5. The molecule has 1 aliphatic rings. The third-order valence-corrected chi connectivity index (χ3v) is 5.12. The summed E-state index contributed by atoms with van der Waals surface area (Å²) in [6, 6.07) is 14.7. The molecule has 0 saturated carbocycles. The van der Waals surface area contributed by atoms with Gasteiger partial charge in [-0.2, -0.15) is 0 Å². The molecule has 0 bridgehead atoms. The Kier molecular flexibility index (Phi) is 7.51. The van der Waals surface area contributed by atoms with Gasteiger partial charge in [-0.25, -0.2) is 0 Å². The highest BCUT2D eigenvalue weighted by Gasteiger charge is 2.33. The van der Waals surface area contributed by atoms with Gasteiger partial charge >= 0.3 is 0 Å². The van der Waals surface area contributed by atoms with Crippen LogP contribution in [0.2, 0.25) is 0 Å². The first-order chi connectivity index (χ1) is 13.0. The van der Waals surface area contributed by atoms with Gasteiger partial charge in [-0.05, 0) is 30.5 Å². The number of nitrogens with two attached hydrogens (primary N) is 1. The molecule has 1 aliphatic heterocycles. The molecule has 3 rings (SSSR count). The minimum atomic E-state index is -0.466. The summed E-state index contributed by atoms with van der Waals surface area (Å²) in [6.07, 6.45) is 0. The lowest BCUT2D eigenvalue weighted by Crippen LogP contribution is -2.32. The lowest BCUT2D eigenvalue weighted by molar-refractivity contribution is -0.384. The molecule has 3 N–H and O–H groups in total. The van der Waals surface area contributed by atoms with Crippen molar-refractivity contribution >= 4 is 29.7 Å². The summed E-state index contributed by atoms with van der Waals surface area (Å²) >= 11 is 0. The quantitative estimate of drug-likeness (QED) is 0.569. The average Bonchev–Trinajstić information content (AvgIpc) is 3.06. The zero-order chi connectivity index (χ0) is 19.4. The Morgan fingerprint density at radius 2 is 1.96 bits per heavy atom. The first-order valence-corrected chi connectivity index (χ1v) is 9.00. The van der Waals surface area contributed by atoms with Crippen LogP contribution in [-0.4, -0.2) is 41.9 Å². The molecule has 0 unspecified atom stereocenters. The number of non-ortho nitro benzene ring substituents is 1. The van der Waals surface area contributed by atoms with E-state index in [-0.39, 0.29) is 30.5 Å². The minimum absolute atomic E-state index is 0. The van der Waals surface area contributed by atoms with Crippen LogP contribution in [-0.2, 0) is 4.79 Å². The molecule has 2 aromatic rings. The molecule has 0 aromatic heterocycles. The number of carbonyl (C=O) groups excluding carboxylic acids is 1. The van der Waals surface area contributed by atoms with Crippen LogP contribution in [0.1, 0.15) is 17.0 Å². The van der Waals surface area contributed by atoms with Crippen molar-refractivity contribution in [3.63, 3.8) is 0 Å². The highest BCUT2D eigenvalue weighted by Crippen LogP contribution is 2.32. The van der Waals surface area contributed by atoms with Crippen molar-refractivity contribution in [2.24, 2.45) is 11.7 Å². The number of nitro benzene ring substituents is 1. The second kappa shape index (κ2) is 9.64. The van der Waals surface area contributed by atoms with Gasteiger partial charge in [-0.15, -0.1) is 12.4 Å².